The summed E-state index contributed by atoms with van der Waals surface area (Å²) in [5, 5.41) is 15.1. The Balaban J connectivity index is 1.87. The fraction of sp³-hybridized carbons (Fsp3) is 0.312. The Morgan fingerprint density at radius 2 is 2.00 bits per heavy atom. The van der Waals surface area contributed by atoms with Crippen LogP contribution < -0.4 is 5.32 Å². The Labute approximate surface area is 131 Å². The second-order valence-corrected chi connectivity index (χ2v) is 5.45. The number of nitrogens with one attached hydrogen (secondary N) is 1. The highest BCUT2D eigenvalue weighted by Crippen LogP contribution is 2.25. The molecule has 0 saturated heterocycles. The van der Waals surface area contributed by atoms with E-state index in [0.717, 1.165) is 49.4 Å². The topological polar surface area (TPSA) is 92.4 Å². The standard InChI is InChI=1S/C16H15FN2O4/c17-11-7-6-9(16(21)22)8-12(11)18-15(20)14-10-4-2-1-3-5-13(10)23-19-14/h6-8H,1-5H2,(H,18,20)(H,21,22). The smallest absolute Gasteiger partial charge is 0.335 e. The Morgan fingerprint density at radius 1 is 1.22 bits per heavy atom. The third kappa shape index (κ3) is 3.08. The summed E-state index contributed by atoms with van der Waals surface area (Å²) in [7, 11) is 0. The maximum absolute atomic E-state index is 13.8. The van der Waals surface area contributed by atoms with Crippen molar-refractivity contribution in [3.05, 3.63) is 46.6 Å². The Hall–Kier alpha value is -2.70. The summed E-state index contributed by atoms with van der Waals surface area (Å²) in [4.78, 5) is 23.3. The van der Waals surface area contributed by atoms with Gasteiger partial charge in [-0.3, -0.25) is 4.79 Å². The molecule has 6 nitrogen and oxygen atoms in total. The van der Waals surface area contributed by atoms with Crippen LogP contribution in [0, 0.1) is 5.82 Å². The number of carbonyl (C=O) groups is 2. The Morgan fingerprint density at radius 3 is 2.78 bits per heavy atom. The minimum absolute atomic E-state index is 0.110. The number of hydrogen-bond acceptors (Lipinski definition) is 4. The molecule has 3 rings (SSSR count). The Kier molecular flexibility index (Phi) is 4.10. The second-order valence-electron chi connectivity index (χ2n) is 5.45. The van der Waals surface area contributed by atoms with Crippen LogP contribution in [0.1, 0.15) is 51.4 Å². The summed E-state index contributed by atoms with van der Waals surface area (Å²) < 4.78 is 19.0. The van der Waals surface area contributed by atoms with E-state index in [1.54, 1.807) is 0 Å². The lowest BCUT2D eigenvalue weighted by Gasteiger charge is -2.07. The minimum Gasteiger partial charge on any atom is -0.478 e. The summed E-state index contributed by atoms with van der Waals surface area (Å²) in [6.07, 6.45) is 4.41. The first kappa shape index (κ1) is 15.2. The van der Waals surface area contributed by atoms with Crippen LogP contribution in [0.5, 0.6) is 0 Å². The van der Waals surface area contributed by atoms with Gasteiger partial charge in [0.15, 0.2) is 5.69 Å². The summed E-state index contributed by atoms with van der Waals surface area (Å²) in [6, 6.07) is 3.21. The number of benzene rings is 1. The third-order valence-corrected chi connectivity index (χ3v) is 3.88. The first-order valence-electron chi connectivity index (χ1n) is 7.38. The van der Waals surface area contributed by atoms with Gasteiger partial charge >= 0.3 is 5.97 Å². The number of aromatic nitrogens is 1. The van der Waals surface area contributed by atoms with Gasteiger partial charge < -0.3 is 14.9 Å². The maximum Gasteiger partial charge on any atom is 0.335 e. The van der Waals surface area contributed by atoms with Gasteiger partial charge in [0.2, 0.25) is 0 Å². The van der Waals surface area contributed by atoms with Crippen molar-refractivity contribution in [2.24, 2.45) is 0 Å². The van der Waals surface area contributed by atoms with Crippen LogP contribution in [-0.4, -0.2) is 22.1 Å². The van der Waals surface area contributed by atoms with Crippen molar-refractivity contribution in [2.45, 2.75) is 32.1 Å². The lowest BCUT2D eigenvalue weighted by Crippen LogP contribution is -2.16. The number of aryl methyl sites for hydroxylation is 1. The van der Waals surface area contributed by atoms with E-state index in [2.05, 4.69) is 10.5 Å². The monoisotopic (exact) mass is 318 g/mol. The van der Waals surface area contributed by atoms with Gasteiger partial charge in [-0.2, -0.15) is 0 Å². The average Bonchev–Trinajstić information content (AvgIpc) is 2.78. The molecule has 7 heteroatoms. The Bertz CT molecular complexity index is 769. The largest absolute Gasteiger partial charge is 0.478 e. The highest BCUT2D eigenvalue weighted by atomic mass is 19.1. The molecule has 0 aliphatic heterocycles. The molecule has 1 aliphatic rings. The number of amides is 1. The fourth-order valence-electron chi connectivity index (χ4n) is 2.68. The first-order valence-corrected chi connectivity index (χ1v) is 7.38. The zero-order chi connectivity index (χ0) is 16.4. The molecule has 2 aromatic rings. The molecule has 1 aliphatic carbocycles. The number of nitrogens with zero attached hydrogens (tertiary/aromatic N) is 1. The van der Waals surface area contributed by atoms with Gasteiger partial charge in [-0.15, -0.1) is 0 Å². The molecular formula is C16H15FN2O4. The van der Waals surface area contributed by atoms with E-state index >= 15 is 0 Å². The van der Waals surface area contributed by atoms with Crippen LogP contribution in [0.4, 0.5) is 10.1 Å². The molecule has 2 N–H and O–H groups in total. The molecular weight excluding hydrogens is 303 g/mol. The number of fused-ring (bicyclic) bond motifs is 1. The molecule has 23 heavy (non-hydrogen) atoms. The molecule has 1 aromatic carbocycles. The summed E-state index contributed by atoms with van der Waals surface area (Å²) in [5.41, 5.74) is 0.595. The molecule has 0 atom stereocenters. The van der Waals surface area contributed by atoms with Crippen LogP contribution in [-0.2, 0) is 12.8 Å². The van der Waals surface area contributed by atoms with E-state index < -0.39 is 17.7 Å². The summed E-state index contributed by atoms with van der Waals surface area (Å²) in [5.74, 6) is -1.81. The van der Waals surface area contributed by atoms with Crippen LogP contribution in [0.3, 0.4) is 0 Å². The van der Waals surface area contributed by atoms with E-state index in [9.17, 15) is 14.0 Å². The van der Waals surface area contributed by atoms with Crippen LogP contribution in [0.25, 0.3) is 0 Å². The summed E-state index contributed by atoms with van der Waals surface area (Å²) >= 11 is 0. The van der Waals surface area contributed by atoms with Crippen LogP contribution in [0.2, 0.25) is 0 Å². The maximum atomic E-state index is 13.8. The highest BCUT2D eigenvalue weighted by molar-refractivity contribution is 6.04. The number of carboxylic acids is 1. The number of hydrogen-bond donors (Lipinski definition) is 2. The van der Waals surface area contributed by atoms with E-state index in [4.69, 9.17) is 9.63 Å². The van der Waals surface area contributed by atoms with E-state index in [1.807, 2.05) is 0 Å². The number of aromatic carboxylic acids is 1. The van der Waals surface area contributed by atoms with E-state index in [1.165, 1.54) is 0 Å². The minimum atomic E-state index is -1.20. The number of rotatable bonds is 3. The van der Waals surface area contributed by atoms with Crippen molar-refractivity contribution in [1.82, 2.24) is 5.16 Å². The fourth-order valence-corrected chi connectivity index (χ4v) is 2.68. The number of anilines is 1. The van der Waals surface area contributed by atoms with Gasteiger partial charge in [0.25, 0.3) is 5.91 Å². The van der Waals surface area contributed by atoms with Crippen molar-refractivity contribution in [1.29, 1.82) is 0 Å². The molecule has 0 fully saturated rings. The van der Waals surface area contributed by atoms with Gasteiger partial charge in [0.05, 0.1) is 11.3 Å². The molecule has 0 saturated carbocycles. The SMILES string of the molecule is O=C(O)c1ccc(F)c(NC(=O)c2noc3c2CCCCC3)c1. The predicted octanol–water partition coefficient (Wildman–Crippen LogP) is 3.03. The van der Waals surface area contributed by atoms with E-state index in [0.29, 0.717) is 12.2 Å². The van der Waals surface area contributed by atoms with Gasteiger partial charge in [0, 0.05) is 12.0 Å². The second kappa shape index (κ2) is 6.20. The number of carbonyl (C=O) groups excluding carboxylic acids is 1. The van der Waals surface area contributed by atoms with Crippen molar-refractivity contribution >= 4 is 17.6 Å². The van der Waals surface area contributed by atoms with Crippen LogP contribution in [0.15, 0.2) is 22.7 Å². The normalized spacial score (nSPS) is 14.0. The van der Waals surface area contributed by atoms with Gasteiger partial charge in [-0.05, 0) is 37.5 Å². The zero-order valence-corrected chi connectivity index (χ0v) is 12.3. The lowest BCUT2D eigenvalue weighted by molar-refractivity contribution is 0.0696. The first-order chi connectivity index (χ1) is 11.1. The zero-order valence-electron chi connectivity index (χ0n) is 12.3. The van der Waals surface area contributed by atoms with Crippen molar-refractivity contribution in [3.8, 4) is 0 Å². The lowest BCUT2D eigenvalue weighted by atomic mass is 10.1. The van der Waals surface area contributed by atoms with Crippen molar-refractivity contribution in [3.63, 3.8) is 0 Å². The molecule has 120 valence electrons. The molecule has 1 heterocycles. The average molecular weight is 318 g/mol. The third-order valence-electron chi connectivity index (χ3n) is 3.88. The van der Waals surface area contributed by atoms with Gasteiger partial charge in [-0.25, -0.2) is 9.18 Å². The quantitative estimate of drug-likeness (QED) is 0.849. The highest BCUT2D eigenvalue weighted by Gasteiger charge is 2.24. The molecule has 0 unspecified atom stereocenters. The molecule has 1 amide bonds. The van der Waals surface area contributed by atoms with Crippen molar-refractivity contribution in [2.75, 3.05) is 5.32 Å². The molecule has 0 bridgehead atoms. The number of carboxylic acid groups (broad SMARTS) is 1. The summed E-state index contributed by atoms with van der Waals surface area (Å²) in [6.45, 7) is 0. The van der Waals surface area contributed by atoms with Crippen molar-refractivity contribution < 1.29 is 23.6 Å². The molecule has 1 aromatic heterocycles. The van der Waals surface area contributed by atoms with Gasteiger partial charge in [0.1, 0.15) is 11.6 Å². The molecule has 0 radical (unpaired) electrons. The number of halogens is 1. The van der Waals surface area contributed by atoms with E-state index in [-0.39, 0.29) is 16.9 Å². The molecule has 0 spiro atoms. The van der Waals surface area contributed by atoms with Gasteiger partial charge in [-0.1, -0.05) is 11.6 Å². The van der Waals surface area contributed by atoms with Crippen LogP contribution >= 0.6 is 0 Å². The predicted molar refractivity (Wildman–Crippen MR) is 79.1 cm³/mol.